The molecular formula is C23H32N4O. The van der Waals surface area contributed by atoms with E-state index >= 15 is 0 Å². The van der Waals surface area contributed by atoms with Crippen LogP contribution in [0.15, 0.2) is 23.0 Å². The number of aryl methyl sites for hydroxylation is 2. The summed E-state index contributed by atoms with van der Waals surface area (Å²) in [6, 6.07) is 6.96. The van der Waals surface area contributed by atoms with Gasteiger partial charge in [-0.05, 0) is 57.2 Å². The van der Waals surface area contributed by atoms with Crippen molar-refractivity contribution >= 4 is 11.6 Å². The minimum absolute atomic E-state index is 0.126. The minimum Gasteiger partial charge on any atom is -0.298 e. The van der Waals surface area contributed by atoms with Gasteiger partial charge in [-0.1, -0.05) is 38.3 Å². The van der Waals surface area contributed by atoms with Crippen molar-refractivity contribution in [2.75, 3.05) is 11.6 Å². The van der Waals surface area contributed by atoms with Gasteiger partial charge >= 0.3 is 0 Å². The molecule has 0 radical (unpaired) electrons. The lowest BCUT2D eigenvalue weighted by Gasteiger charge is -2.43. The molecular weight excluding hydrogens is 348 g/mol. The van der Waals surface area contributed by atoms with Crippen molar-refractivity contribution in [1.82, 2.24) is 14.5 Å². The first kappa shape index (κ1) is 19.2. The smallest absolute Gasteiger partial charge is 0.259 e. The molecule has 2 aromatic rings. The Hall–Kier alpha value is -2.14. The highest BCUT2D eigenvalue weighted by Gasteiger charge is 2.32. The van der Waals surface area contributed by atoms with Crippen molar-refractivity contribution in [3.8, 4) is 0 Å². The molecule has 5 heteroatoms. The molecule has 0 spiro atoms. The molecule has 0 N–H and O–H groups in total. The van der Waals surface area contributed by atoms with E-state index in [1.165, 1.54) is 43.2 Å². The lowest BCUT2D eigenvalue weighted by molar-refractivity contribution is 0.107. The van der Waals surface area contributed by atoms with E-state index in [4.69, 9.17) is 4.98 Å². The maximum Gasteiger partial charge on any atom is 0.259 e. The fraction of sp³-hybridized carbons (Fsp3) is 0.565. The fourth-order valence-corrected chi connectivity index (χ4v) is 4.79. The molecule has 0 unspecified atom stereocenters. The second kappa shape index (κ2) is 7.70. The van der Waals surface area contributed by atoms with Gasteiger partial charge in [0.2, 0.25) is 5.95 Å². The van der Waals surface area contributed by atoms with Crippen LogP contribution in [0.25, 0.3) is 0 Å². The third kappa shape index (κ3) is 3.26. The Balaban J connectivity index is 1.85. The first-order chi connectivity index (χ1) is 13.5. The summed E-state index contributed by atoms with van der Waals surface area (Å²) in [5.41, 5.74) is 5.51. The van der Waals surface area contributed by atoms with E-state index in [1.807, 2.05) is 18.4 Å². The third-order valence-electron chi connectivity index (χ3n) is 6.65. The van der Waals surface area contributed by atoms with Crippen LogP contribution in [0, 0.1) is 20.8 Å². The normalized spacial score (nSPS) is 18.4. The molecule has 0 atom stereocenters. The number of hydrogen-bond donors (Lipinski definition) is 0. The van der Waals surface area contributed by atoms with Crippen molar-refractivity contribution in [1.29, 1.82) is 0 Å². The van der Waals surface area contributed by atoms with Crippen LogP contribution in [-0.4, -0.2) is 27.2 Å². The molecule has 1 fully saturated rings. The minimum atomic E-state index is 0.126. The summed E-state index contributed by atoms with van der Waals surface area (Å²) in [7, 11) is 0. The second-order valence-electron chi connectivity index (χ2n) is 8.37. The highest BCUT2D eigenvalue weighted by molar-refractivity contribution is 5.64. The molecule has 4 rings (SSSR count). The van der Waals surface area contributed by atoms with Crippen LogP contribution in [0.4, 0.5) is 11.6 Å². The summed E-state index contributed by atoms with van der Waals surface area (Å²) in [4.78, 5) is 23.0. The number of aromatic nitrogens is 2. The lowest BCUT2D eigenvalue weighted by Crippen LogP contribution is -2.52. The Bertz CT molecular complexity index is 927. The molecule has 28 heavy (non-hydrogen) atoms. The summed E-state index contributed by atoms with van der Waals surface area (Å²) in [6.45, 7) is 9.78. The van der Waals surface area contributed by atoms with E-state index < -0.39 is 0 Å². The SMILES string of the molecule is CCc1c(C)nc2n(c1=O)CN(C1CCCCC1)CN2c1cccc(C)c1C. The molecule has 150 valence electrons. The molecule has 1 aromatic carbocycles. The maximum absolute atomic E-state index is 13.3. The van der Waals surface area contributed by atoms with Gasteiger partial charge in [-0.15, -0.1) is 0 Å². The third-order valence-corrected chi connectivity index (χ3v) is 6.65. The van der Waals surface area contributed by atoms with Crippen LogP contribution in [0.3, 0.4) is 0 Å². The van der Waals surface area contributed by atoms with E-state index in [-0.39, 0.29) is 5.56 Å². The number of nitrogens with zero attached hydrogens (tertiary/aromatic N) is 4. The van der Waals surface area contributed by atoms with E-state index in [2.05, 4.69) is 41.8 Å². The van der Waals surface area contributed by atoms with E-state index in [1.54, 1.807) is 0 Å². The van der Waals surface area contributed by atoms with Crippen LogP contribution >= 0.6 is 0 Å². The highest BCUT2D eigenvalue weighted by atomic mass is 16.1. The molecule has 2 heterocycles. The zero-order valence-corrected chi connectivity index (χ0v) is 17.7. The van der Waals surface area contributed by atoms with Crippen LogP contribution < -0.4 is 10.5 Å². The van der Waals surface area contributed by atoms with Crippen LogP contribution in [0.2, 0.25) is 0 Å². The molecule has 0 amide bonds. The van der Waals surface area contributed by atoms with Gasteiger partial charge in [0, 0.05) is 23.0 Å². The Morgan fingerprint density at radius 2 is 1.82 bits per heavy atom. The van der Waals surface area contributed by atoms with Crippen molar-refractivity contribution in [3.05, 3.63) is 50.9 Å². The van der Waals surface area contributed by atoms with Crippen molar-refractivity contribution in [2.45, 2.75) is 78.9 Å². The number of benzene rings is 1. The Kier molecular flexibility index (Phi) is 5.28. The summed E-state index contributed by atoms with van der Waals surface area (Å²) in [6.07, 6.45) is 7.10. The Labute approximate surface area is 168 Å². The van der Waals surface area contributed by atoms with Crippen LogP contribution in [0.5, 0.6) is 0 Å². The van der Waals surface area contributed by atoms with Gasteiger partial charge in [-0.3, -0.25) is 19.2 Å². The second-order valence-corrected chi connectivity index (χ2v) is 8.37. The van der Waals surface area contributed by atoms with Gasteiger partial charge in [0.15, 0.2) is 0 Å². The largest absolute Gasteiger partial charge is 0.298 e. The maximum atomic E-state index is 13.3. The number of fused-ring (bicyclic) bond motifs is 1. The zero-order chi connectivity index (χ0) is 19.8. The van der Waals surface area contributed by atoms with Crippen molar-refractivity contribution in [3.63, 3.8) is 0 Å². The average molecular weight is 381 g/mol. The zero-order valence-electron chi connectivity index (χ0n) is 17.7. The molecule has 1 aromatic heterocycles. The quantitative estimate of drug-likeness (QED) is 0.790. The average Bonchev–Trinajstić information content (AvgIpc) is 2.71. The summed E-state index contributed by atoms with van der Waals surface area (Å²) < 4.78 is 1.91. The van der Waals surface area contributed by atoms with Gasteiger partial charge < -0.3 is 0 Å². The molecule has 1 aliphatic heterocycles. The summed E-state index contributed by atoms with van der Waals surface area (Å²) in [5.74, 6) is 0.792. The van der Waals surface area contributed by atoms with Crippen molar-refractivity contribution < 1.29 is 0 Å². The molecule has 2 aliphatic rings. The topological polar surface area (TPSA) is 41.4 Å². The van der Waals surface area contributed by atoms with E-state index in [0.29, 0.717) is 12.7 Å². The number of rotatable bonds is 3. The standard InChI is InChI=1S/C23H32N4O/c1-5-20-18(4)24-23-26(21-13-9-10-16(2)17(21)3)14-25(15-27(23)22(20)28)19-11-7-6-8-12-19/h9-10,13,19H,5-8,11-12,14-15H2,1-4H3. The van der Waals surface area contributed by atoms with Gasteiger partial charge in [0.05, 0.1) is 13.3 Å². The Morgan fingerprint density at radius 3 is 2.54 bits per heavy atom. The van der Waals surface area contributed by atoms with E-state index in [9.17, 15) is 4.79 Å². The summed E-state index contributed by atoms with van der Waals surface area (Å²) in [5, 5.41) is 0. The monoisotopic (exact) mass is 380 g/mol. The number of anilines is 2. The molecule has 0 bridgehead atoms. The lowest BCUT2D eigenvalue weighted by atomic mass is 9.94. The number of hydrogen-bond acceptors (Lipinski definition) is 4. The first-order valence-electron chi connectivity index (χ1n) is 10.7. The highest BCUT2D eigenvalue weighted by Crippen LogP contribution is 2.34. The predicted molar refractivity (Wildman–Crippen MR) is 114 cm³/mol. The molecule has 1 saturated carbocycles. The van der Waals surface area contributed by atoms with Gasteiger partial charge in [0.1, 0.15) is 0 Å². The van der Waals surface area contributed by atoms with Gasteiger partial charge in [-0.2, -0.15) is 0 Å². The summed E-state index contributed by atoms with van der Waals surface area (Å²) >= 11 is 0. The van der Waals surface area contributed by atoms with Crippen LogP contribution in [-0.2, 0) is 13.1 Å². The van der Waals surface area contributed by atoms with Crippen molar-refractivity contribution in [2.24, 2.45) is 0 Å². The van der Waals surface area contributed by atoms with Gasteiger partial charge in [0.25, 0.3) is 5.56 Å². The molecule has 5 nitrogen and oxygen atoms in total. The van der Waals surface area contributed by atoms with E-state index in [0.717, 1.165) is 36.0 Å². The van der Waals surface area contributed by atoms with Crippen LogP contribution in [0.1, 0.15) is 61.4 Å². The fourth-order valence-electron chi connectivity index (χ4n) is 4.79. The predicted octanol–water partition coefficient (Wildman–Crippen LogP) is 4.43. The molecule has 1 aliphatic carbocycles. The Morgan fingerprint density at radius 1 is 1.07 bits per heavy atom. The molecule has 0 saturated heterocycles. The van der Waals surface area contributed by atoms with Gasteiger partial charge in [-0.25, -0.2) is 4.98 Å². The first-order valence-corrected chi connectivity index (χ1v) is 10.7.